The van der Waals surface area contributed by atoms with Crippen LogP contribution >= 0.6 is 0 Å². The molecule has 0 nitrogen and oxygen atoms in total. The normalized spacial score (nSPS) is 10.7. The molecular formula is C23H24BF4I. The second-order valence-electron chi connectivity index (χ2n) is 6.60. The van der Waals surface area contributed by atoms with Gasteiger partial charge in [-0.1, -0.05) is 43.7 Å². The van der Waals surface area contributed by atoms with Gasteiger partial charge in [0.2, 0.25) is 0 Å². The topological polar surface area (TPSA) is 0 Å². The van der Waals surface area contributed by atoms with Gasteiger partial charge in [0.05, 0.1) is 0 Å². The lowest BCUT2D eigenvalue weighted by molar-refractivity contribution is -0.597. The van der Waals surface area contributed by atoms with Crippen molar-refractivity contribution >= 4 is 13.3 Å². The zero-order valence-electron chi connectivity index (χ0n) is 16.1. The molecule has 0 amide bonds. The molecule has 0 saturated carbocycles. The highest BCUT2D eigenvalue weighted by Gasteiger charge is 2.16. The lowest BCUT2D eigenvalue weighted by Crippen LogP contribution is -3.61. The molecule has 154 valence electrons. The Balaban J connectivity index is 0.000000221. The molecule has 3 aromatic rings. The first kappa shape index (κ1) is 23.5. The average Bonchev–Trinajstić information content (AvgIpc) is 2.72. The molecule has 29 heavy (non-hydrogen) atoms. The van der Waals surface area contributed by atoms with Gasteiger partial charge in [-0.2, -0.15) is 0 Å². The van der Waals surface area contributed by atoms with E-state index in [0.717, 1.165) is 6.92 Å². The third-order valence-corrected chi connectivity index (χ3v) is 6.71. The molecule has 0 atom stereocenters. The van der Waals surface area contributed by atoms with Crippen molar-refractivity contribution in [3.63, 3.8) is 0 Å². The Bertz CT molecular complexity index is 863. The van der Waals surface area contributed by atoms with Gasteiger partial charge < -0.3 is 0 Å². The van der Waals surface area contributed by atoms with E-state index in [-0.39, 0.29) is 26.7 Å². The van der Waals surface area contributed by atoms with Crippen LogP contribution in [-0.2, 0) is 0 Å². The van der Waals surface area contributed by atoms with Crippen LogP contribution < -0.4 is 26.7 Å². The van der Waals surface area contributed by atoms with Crippen LogP contribution in [0.1, 0.15) is 36.5 Å². The Morgan fingerprint density at radius 2 is 1.10 bits per heavy atom. The number of hydrogen-bond acceptors (Lipinski definition) is 0. The lowest BCUT2D eigenvalue weighted by atomic mass is 9.93. The molecular weight excluding hydrogens is 490 g/mol. The maximum absolute atomic E-state index is 12.7. The largest absolute Gasteiger partial charge is 0.357 e. The van der Waals surface area contributed by atoms with Crippen LogP contribution in [0.15, 0.2) is 48.5 Å². The van der Waals surface area contributed by atoms with Crippen LogP contribution in [0.4, 0.5) is 17.6 Å². The van der Waals surface area contributed by atoms with Crippen molar-refractivity contribution in [1.29, 1.82) is 0 Å². The molecule has 6 heteroatoms. The Morgan fingerprint density at radius 3 is 1.52 bits per heavy atom. The number of rotatable bonds is 3. The van der Waals surface area contributed by atoms with Gasteiger partial charge in [0.15, 0.2) is 18.8 Å². The highest BCUT2D eigenvalue weighted by Crippen LogP contribution is 2.15. The van der Waals surface area contributed by atoms with E-state index < -0.39 is 36.7 Å². The molecule has 0 N–H and O–H groups in total. The van der Waals surface area contributed by atoms with Gasteiger partial charge in [0.25, 0.3) is 0 Å². The van der Waals surface area contributed by atoms with E-state index >= 15 is 0 Å². The molecule has 0 bridgehead atoms. The summed E-state index contributed by atoms with van der Waals surface area (Å²) in [6.07, 6.45) is 0. The fourth-order valence-corrected chi connectivity index (χ4v) is 4.42. The average molecular weight is 514 g/mol. The fourth-order valence-electron chi connectivity index (χ4n) is 2.26. The second kappa shape index (κ2) is 10.3. The summed E-state index contributed by atoms with van der Waals surface area (Å²) >= 11 is -0.0167. The summed E-state index contributed by atoms with van der Waals surface area (Å²) in [7, 11) is -0.888. The van der Waals surface area contributed by atoms with Gasteiger partial charge in [-0.05, 0) is 57.4 Å². The van der Waals surface area contributed by atoms with Crippen LogP contribution in [0.5, 0.6) is 0 Å². The molecule has 3 aromatic carbocycles. The van der Waals surface area contributed by atoms with Gasteiger partial charge >= 0.3 is 21.2 Å². The van der Waals surface area contributed by atoms with Gasteiger partial charge in [-0.3, -0.25) is 0 Å². The summed E-state index contributed by atoms with van der Waals surface area (Å²) in [5.41, 5.74) is 1.80. The molecule has 0 aliphatic heterocycles. The van der Waals surface area contributed by atoms with Gasteiger partial charge in [0.1, 0.15) is 11.6 Å². The lowest BCUT2D eigenvalue weighted by Gasteiger charge is -2.08. The van der Waals surface area contributed by atoms with Crippen molar-refractivity contribution < 1.29 is 38.8 Å². The van der Waals surface area contributed by atoms with Crippen molar-refractivity contribution in [2.75, 3.05) is 0 Å². The molecule has 3 rings (SSSR count). The van der Waals surface area contributed by atoms with Crippen molar-refractivity contribution in [3.8, 4) is 0 Å². The minimum absolute atomic E-state index is 0.0167. The van der Waals surface area contributed by atoms with E-state index in [0.29, 0.717) is 5.92 Å². The summed E-state index contributed by atoms with van der Waals surface area (Å²) in [5.74, 6) is -4.34. The highest BCUT2D eigenvalue weighted by molar-refractivity contribution is 6.32. The van der Waals surface area contributed by atoms with E-state index in [4.69, 9.17) is 0 Å². The summed E-state index contributed by atoms with van der Waals surface area (Å²) in [6.45, 7) is 7.63. The van der Waals surface area contributed by atoms with Gasteiger partial charge in [0, 0.05) is 5.56 Å². The minimum atomic E-state index is -1.26. The zero-order chi connectivity index (χ0) is 21.7. The van der Waals surface area contributed by atoms with Crippen molar-refractivity contribution in [3.05, 3.63) is 95.6 Å². The Morgan fingerprint density at radius 1 is 0.690 bits per heavy atom. The molecule has 0 aliphatic rings. The third kappa shape index (κ3) is 6.08. The van der Waals surface area contributed by atoms with Crippen molar-refractivity contribution in [2.45, 2.75) is 33.6 Å². The summed E-state index contributed by atoms with van der Waals surface area (Å²) in [6, 6.07) is 18.1. The molecule has 0 spiro atoms. The van der Waals surface area contributed by atoms with Crippen LogP contribution in [0.3, 0.4) is 0 Å². The first-order valence-corrected chi connectivity index (χ1v) is 10.9. The predicted octanol–water partition coefficient (Wildman–Crippen LogP) is 1.79. The Hall–Kier alpha value is -1.83. The monoisotopic (exact) mass is 514 g/mol. The van der Waals surface area contributed by atoms with Gasteiger partial charge in [-0.25, -0.2) is 17.6 Å². The van der Waals surface area contributed by atoms with E-state index in [2.05, 4.69) is 69.3 Å². The number of hydrogen-bond donors (Lipinski definition) is 0. The molecule has 0 radical (unpaired) electrons. The smallest absolute Gasteiger partial charge is 0.207 e. The maximum Gasteiger partial charge on any atom is 0.357 e. The van der Waals surface area contributed by atoms with Crippen LogP contribution in [0.25, 0.3) is 0 Å². The van der Waals surface area contributed by atoms with E-state index in [1.165, 1.54) is 18.3 Å². The zero-order valence-corrected chi connectivity index (χ0v) is 18.2. The molecule has 0 saturated heterocycles. The highest BCUT2D eigenvalue weighted by atomic mass is 127. The molecule has 0 fully saturated rings. The summed E-state index contributed by atoms with van der Waals surface area (Å²) < 4.78 is 53.8. The van der Waals surface area contributed by atoms with Crippen LogP contribution in [0, 0.1) is 44.3 Å². The quantitative estimate of drug-likeness (QED) is 0.217. The van der Waals surface area contributed by atoms with Gasteiger partial charge in [-0.15, -0.1) is 5.46 Å². The Labute approximate surface area is 181 Å². The molecule has 0 heterocycles. The second-order valence-corrected chi connectivity index (χ2v) is 9.63. The molecule has 0 aromatic heterocycles. The summed E-state index contributed by atoms with van der Waals surface area (Å²) in [4.78, 5) is 0. The first-order chi connectivity index (χ1) is 13.6. The van der Waals surface area contributed by atoms with E-state index in [1.54, 1.807) is 0 Å². The molecule has 0 aliphatic carbocycles. The van der Waals surface area contributed by atoms with Crippen molar-refractivity contribution in [2.24, 2.45) is 0 Å². The van der Waals surface area contributed by atoms with E-state index in [9.17, 15) is 17.6 Å². The number of aryl methyl sites for hydroxylation is 1. The molecule has 0 unspecified atom stereocenters. The fraction of sp³-hybridized carbons (Fsp3) is 0.217. The standard InChI is InChI=1S/C16H18I.C7H6BF4/c1-12(2)14-6-10-16(11-7-14)17-15-8-4-13(3)5-9-15;1-2-4(9)6(11)3(8)7(12)5(2)10/h4-12H,1-3H3;1,8H3/q+1;-1. The van der Waals surface area contributed by atoms with Crippen molar-refractivity contribution in [1.82, 2.24) is 0 Å². The Kier molecular flexibility index (Phi) is 8.31. The predicted molar refractivity (Wildman–Crippen MR) is 110 cm³/mol. The van der Waals surface area contributed by atoms with E-state index in [1.807, 2.05) is 0 Å². The first-order valence-electron chi connectivity index (χ1n) is 8.72. The SMILES string of the molecule is Cc1ccc([I+]c2ccc(C(C)C)cc2)cc1.[BH3-]c1c(F)c(F)c(C)c(F)c1F. The maximum atomic E-state index is 12.7. The van der Waals surface area contributed by atoms with Crippen LogP contribution in [-0.4, -0.2) is 7.85 Å². The number of benzene rings is 3. The van der Waals surface area contributed by atoms with Crippen LogP contribution in [0.2, 0.25) is 0 Å². The third-order valence-electron chi connectivity index (χ3n) is 4.03. The number of halogens is 5. The summed E-state index contributed by atoms with van der Waals surface area (Å²) in [5, 5.41) is 0. The minimum Gasteiger partial charge on any atom is -0.207 e.